The Hall–Kier alpha value is -2.83. The lowest BCUT2D eigenvalue weighted by atomic mass is 9.87. The number of amides is 4. The van der Waals surface area contributed by atoms with E-state index in [1.807, 2.05) is 32.0 Å². The zero-order chi connectivity index (χ0) is 17.8. The number of piperidine rings is 1. The van der Waals surface area contributed by atoms with Gasteiger partial charge >= 0.3 is 6.03 Å². The largest absolute Gasteiger partial charge is 0.358 e. The van der Waals surface area contributed by atoms with Gasteiger partial charge in [-0.25, -0.2) is 4.79 Å². The molecular formula is C18H20N4O3. The number of hydrogen-bond donors (Lipinski definition) is 3. The third kappa shape index (κ3) is 2.38. The van der Waals surface area contributed by atoms with E-state index in [1.165, 1.54) is 0 Å². The number of likely N-dealkylation sites (tertiary alicyclic amines) is 1. The van der Waals surface area contributed by atoms with Crippen LogP contribution in [0, 0.1) is 13.8 Å². The summed E-state index contributed by atoms with van der Waals surface area (Å²) in [5.74, 6) is -0.329. The second-order valence-electron chi connectivity index (χ2n) is 6.92. The number of imide groups is 1. The number of aromatic nitrogens is 1. The molecule has 2 aliphatic heterocycles. The molecule has 2 aromatic rings. The van der Waals surface area contributed by atoms with Crippen LogP contribution in [0.2, 0.25) is 0 Å². The molecule has 4 rings (SSSR count). The molecule has 0 aliphatic carbocycles. The maximum absolute atomic E-state index is 12.8. The number of nitrogens with one attached hydrogen (secondary N) is 3. The van der Waals surface area contributed by atoms with E-state index in [0.717, 1.165) is 22.2 Å². The van der Waals surface area contributed by atoms with E-state index in [0.29, 0.717) is 31.5 Å². The Morgan fingerprint density at radius 1 is 1.16 bits per heavy atom. The molecule has 25 heavy (non-hydrogen) atoms. The van der Waals surface area contributed by atoms with Crippen LogP contribution in [-0.2, 0) is 4.79 Å². The van der Waals surface area contributed by atoms with Crippen molar-refractivity contribution in [3.05, 3.63) is 35.0 Å². The van der Waals surface area contributed by atoms with E-state index in [1.54, 1.807) is 4.90 Å². The fraction of sp³-hybridized carbons (Fsp3) is 0.389. The van der Waals surface area contributed by atoms with Crippen molar-refractivity contribution in [2.75, 3.05) is 13.1 Å². The summed E-state index contributed by atoms with van der Waals surface area (Å²) >= 11 is 0. The molecule has 2 saturated heterocycles. The molecule has 0 bridgehead atoms. The van der Waals surface area contributed by atoms with Gasteiger partial charge in [0, 0.05) is 35.2 Å². The van der Waals surface area contributed by atoms with Gasteiger partial charge in [-0.3, -0.25) is 14.9 Å². The normalized spacial score (nSPS) is 19.4. The first-order chi connectivity index (χ1) is 11.9. The van der Waals surface area contributed by atoms with Crippen molar-refractivity contribution in [3.63, 3.8) is 0 Å². The van der Waals surface area contributed by atoms with Gasteiger partial charge in [-0.1, -0.05) is 0 Å². The Balaban J connectivity index is 1.54. The summed E-state index contributed by atoms with van der Waals surface area (Å²) in [5, 5.41) is 6.05. The van der Waals surface area contributed by atoms with Crippen LogP contribution in [0.1, 0.15) is 34.5 Å². The highest BCUT2D eigenvalue weighted by molar-refractivity contribution is 6.07. The molecule has 7 nitrogen and oxygen atoms in total. The van der Waals surface area contributed by atoms with Crippen molar-refractivity contribution < 1.29 is 14.4 Å². The van der Waals surface area contributed by atoms with Crippen molar-refractivity contribution >= 4 is 28.7 Å². The van der Waals surface area contributed by atoms with E-state index in [9.17, 15) is 14.4 Å². The molecule has 1 aromatic heterocycles. The summed E-state index contributed by atoms with van der Waals surface area (Å²) in [7, 11) is 0. The quantitative estimate of drug-likeness (QED) is 0.688. The SMILES string of the molecule is Cc1[nH]c2ccc(C(=O)N3CCC4(CC3)NC(=O)NC4=O)cc2c1C. The van der Waals surface area contributed by atoms with Gasteiger partial charge in [-0.05, 0) is 50.5 Å². The highest BCUT2D eigenvalue weighted by atomic mass is 16.2. The predicted molar refractivity (Wildman–Crippen MR) is 92.3 cm³/mol. The average molecular weight is 340 g/mol. The van der Waals surface area contributed by atoms with Gasteiger partial charge in [-0.15, -0.1) is 0 Å². The van der Waals surface area contributed by atoms with E-state index in [4.69, 9.17) is 0 Å². The number of fused-ring (bicyclic) bond motifs is 1. The van der Waals surface area contributed by atoms with Crippen molar-refractivity contribution in [2.24, 2.45) is 0 Å². The highest BCUT2D eigenvalue weighted by Crippen LogP contribution is 2.27. The summed E-state index contributed by atoms with van der Waals surface area (Å²) < 4.78 is 0. The maximum Gasteiger partial charge on any atom is 0.322 e. The molecule has 2 fully saturated rings. The zero-order valence-electron chi connectivity index (χ0n) is 14.2. The van der Waals surface area contributed by atoms with Gasteiger partial charge in [0.2, 0.25) is 0 Å². The molecule has 0 saturated carbocycles. The summed E-state index contributed by atoms with van der Waals surface area (Å²) in [5.41, 5.74) is 3.06. The number of carbonyl (C=O) groups is 3. The van der Waals surface area contributed by atoms with Crippen molar-refractivity contribution in [3.8, 4) is 0 Å². The lowest BCUT2D eigenvalue weighted by Gasteiger charge is -2.37. The number of carbonyl (C=O) groups excluding carboxylic acids is 3. The first-order valence-electron chi connectivity index (χ1n) is 8.41. The third-order valence-electron chi connectivity index (χ3n) is 5.47. The minimum atomic E-state index is -0.855. The Kier molecular flexibility index (Phi) is 3.35. The lowest BCUT2D eigenvalue weighted by Crippen LogP contribution is -2.55. The highest BCUT2D eigenvalue weighted by Gasteiger charge is 2.48. The van der Waals surface area contributed by atoms with Gasteiger partial charge in [0.1, 0.15) is 5.54 Å². The fourth-order valence-corrected chi connectivity index (χ4v) is 3.75. The van der Waals surface area contributed by atoms with E-state index < -0.39 is 11.6 Å². The number of hydrogen-bond acceptors (Lipinski definition) is 3. The number of nitrogens with zero attached hydrogens (tertiary/aromatic N) is 1. The van der Waals surface area contributed by atoms with Crippen LogP contribution < -0.4 is 10.6 Å². The van der Waals surface area contributed by atoms with Crippen LogP contribution in [0.25, 0.3) is 10.9 Å². The smallest absolute Gasteiger partial charge is 0.322 e. The molecule has 3 N–H and O–H groups in total. The van der Waals surface area contributed by atoms with Gasteiger partial charge in [0.15, 0.2) is 0 Å². The van der Waals surface area contributed by atoms with Crippen LogP contribution in [0.4, 0.5) is 4.79 Å². The Labute approximate surface area is 144 Å². The van der Waals surface area contributed by atoms with Crippen LogP contribution in [0.5, 0.6) is 0 Å². The number of aryl methyl sites for hydroxylation is 2. The summed E-state index contributed by atoms with van der Waals surface area (Å²) in [6.45, 7) is 4.93. The molecule has 0 unspecified atom stereocenters. The molecule has 2 aliphatic rings. The molecule has 1 aromatic carbocycles. The van der Waals surface area contributed by atoms with Crippen LogP contribution in [-0.4, -0.2) is 46.4 Å². The minimum Gasteiger partial charge on any atom is -0.358 e. The Morgan fingerprint density at radius 2 is 1.88 bits per heavy atom. The van der Waals surface area contributed by atoms with Crippen molar-refractivity contribution in [1.29, 1.82) is 0 Å². The van der Waals surface area contributed by atoms with E-state index in [2.05, 4.69) is 15.6 Å². The minimum absolute atomic E-state index is 0.0419. The molecular weight excluding hydrogens is 320 g/mol. The molecule has 3 heterocycles. The first kappa shape index (κ1) is 15.7. The number of rotatable bonds is 1. The number of urea groups is 1. The molecule has 0 atom stereocenters. The van der Waals surface area contributed by atoms with E-state index in [-0.39, 0.29) is 11.8 Å². The molecule has 130 valence electrons. The monoisotopic (exact) mass is 340 g/mol. The van der Waals surface area contributed by atoms with Gasteiger partial charge in [-0.2, -0.15) is 0 Å². The van der Waals surface area contributed by atoms with E-state index >= 15 is 0 Å². The van der Waals surface area contributed by atoms with Crippen LogP contribution in [0.3, 0.4) is 0 Å². The zero-order valence-corrected chi connectivity index (χ0v) is 14.2. The summed E-state index contributed by atoms with van der Waals surface area (Å²) in [6, 6.07) is 5.23. The second-order valence-corrected chi connectivity index (χ2v) is 6.92. The van der Waals surface area contributed by atoms with Crippen LogP contribution >= 0.6 is 0 Å². The average Bonchev–Trinajstić information content (AvgIpc) is 3.03. The Morgan fingerprint density at radius 3 is 2.52 bits per heavy atom. The number of H-pyrrole nitrogens is 1. The van der Waals surface area contributed by atoms with Gasteiger partial charge < -0.3 is 15.2 Å². The fourth-order valence-electron chi connectivity index (χ4n) is 3.75. The topological polar surface area (TPSA) is 94.3 Å². The van der Waals surface area contributed by atoms with Crippen LogP contribution in [0.15, 0.2) is 18.2 Å². The standard InChI is InChI=1S/C18H20N4O3/c1-10-11(2)19-14-4-3-12(9-13(10)14)15(23)22-7-5-18(6-8-22)16(24)20-17(25)21-18/h3-4,9,19H,5-8H2,1-2H3,(H2,20,21,24,25). The molecule has 7 heteroatoms. The predicted octanol–water partition coefficient (Wildman–Crippen LogP) is 1.60. The molecule has 0 radical (unpaired) electrons. The second kappa shape index (κ2) is 5.34. The lowest BCUT2D eigenvalue weighted by molar-refractivity contribution is -0.125. The van der Waals surface area contributed by atoms with Gasteiger partial charge in [0.25, 0.3) is 11.8 Å². The summed E-state index contributed by atoms with van der Waals surface area (Å²) in [6.07, 6.45) is 0.863. The van der Waals surface area contributed by atoms with Crippen molar-refractivity contribution in [2.45, 2.75) is 32.2 Å². The molecule has 1 spiro atoms. The Bertz CT molecular complexity index is 906. The number of aromatic amines is 1. The first-order valence-corrected chi connectivity index (χ1v) is 8.41. The van der Waals surface area contributed by atoms with Gasteiger partial charge in [0.05, 0.1) is 0 Å². The summed E-state index contributed by atoms with van der Waals surface area (Å²) in [4.78, 5) is 41.3. The third-order valence-corrected chi connectivity index (χ3v) is 5.47. The molecule has 4 amide bonds. The maximum atomic E-state index is 12.8. The number of benzene rings is 1. The van der Waals surface area contributed by atoms with Crippen molar-refractivity contribution in [1.82, 2.24) is 20.5 Å².